The van der Waals surface area contributed by atoms with E-state index in [4.69, 9.17) is 10.1 Å². The van der Waals surface area contributed by atoms with Gasteiger partial charge in [-0.25, -0.2) is 0 Å². The van der Waals surface area contributed by atoms with Gasteiger partial charge in [-0.2, -0.15) is 0 Å². The molecule has 1 N–H and O–H groups in total. The van der Waals surface area contributed by atoms with E-state index in [1.165, 1.54) is 0 Å². The molecule has 1 fully saturated rings. The Morgan fingerprint density at radius 2 is 1.75 bits per heavy atom. The molecular weight excluding hydrogens is 200 g/mol. The molecule has 0 bridgehead atoms. The predicted molar refractivity (Wildman–Crippen MR) is 64.9 cm³/mol. The van der Waals surface area contributed by atoms with Gasteiger partial charge in [0, 0.05) is 18.7 Å². The Bertz CT molecular complexity index is 353. The van der Waals surface area contributed by atoms with E-state index in [1.54, 1.807) is 0 Å². The average molecular weight is 218 g/mol. The number of nitrogens with one attached hydrogen (secondary N) is 1. The number of nitrogens with zero attached hydrogens (tertiary/aromatic N) is 1. The zero-order chi connectivity index (χ0) is 11.5. The highest BCUT2D eigenvalue weighted by Gasteiger charge is 2.24. The zero-order valence-corrected chi connectivity index (χ0v) is 9.81. The summed E-state index contributed by atoms with van der Waals surface area (Å²) in [6, 6.07) is 9.87. The summed E-state index contributed by atoms with van der Waals surface area (Å²) in [6.45, 7) is 5.72. The second-order valence-corrected chi connectivity index (χ2v) is 4.38. The van der Waals surface area contributed by atoms with Gasteiger partial charge in [0.15, 0.2) is 0 Å². The van der Waals surface area contributed by atoms with Crippen molar-refractivity contribution in [3.8, 4) is 0 Å². The van der Waals surface area contributed by atoms with Crippen LogP contribution in [0.4, 0.5) is 0 Å². The fraction of sp³-hybridized carbons (Fsp3) is 0.462. The van der Waals surface area contributed by atoms with Gasteiger partial charge in [0.1, 0.15) is 5.84 Å². The number of amidine groups is 1. The van der Waals surface area contributed by atoms with E-state index in [-0.39, 0.29) is 12.2 Å². The third-order valence-electron chi connectivity index (χ3n) is 2.78. The lowest BCUT2D eigenvalue weighted by molar-refractivity contribution is -0.0480. The molecule has 0 aliphatic carbocycles. The highest BCUT2D eigenvalue weighted by Crippen LogP contribution is 2.13. The van der Waals surface area contributed by atoms with Crippen LogP contribution in [0.25, 0.3) is 0 Å². The Balaban J connectivity index is 2.10. The quantitative estimate of drug-likeness (QED) is 0.579. The van der Waals surface area contributed by atoms with Crippen molar-refractivity contribution in [2.75, 3.05) is 13.1 Å². The van der Waals surface area contributed by atoms with Crippen molar-refractivity contribution in [2.45, 2.75) is 26.1 Å². The smallest absolute Gasteiger partial charge is 0.128 e. The maximum Gasteiger partial charge on any atom is 0.128 e. The molecule has 0 aromatic heterocycles. The molecule has 1 heterocycles. The van der Waals surface area contributed by atoms with E-state index in [1.807, 2.05) is 30.3 Å². The SMILES string of the molecule is C[C@@H]1CN(C(=N)c2ccccc2)C[C@H](C)O1. The summed E-state index contributed by atoms with van der Waals surface area (Å²) in [5, 5.41) is 8.17. The molecule has 16 heavy (non-hydrogen) atoms. The number of benzene rings is 1. The normalized spacial score (nSPS) is 25.5. The van der Waals surface area contributed by atoms with E-state index < -0.39 is 0 Å². The molecule has 1 aromatic carbocycles. The predicted octanol–water partition coefficient (Wildman–Crippen LogP) is 2.12. The fourth-order valence-electron chi connectivity index (χ4n) is 2.14. The first-order chi connectivity index (χ1) is 7.66. The fourth-order valence-corrected chi connectivity index (χ4v) is 2.14. The minimum atomic E-state index is 0.202. The van der Waals surface area contributed by atoms with Crippen LogP contribution in [0, 0.1) is 5.41 Å². The van der Waals surface area contributed by atoms with Crippen molar-refractivity contribution in [3.05, 3.63) is 35.9 Å². The van der Waals surface area contributed by atoms with Gasteiger partial charge in [-0.1, -0.05) is 30.3 Å². The van der Waals surface area contributed by atoms with Crippen LogP contribution in [0.15, 0.2) is 30.3 Å². The van der Waals surface area contributed by atoms with Crippen molar-refractivity contribution < 1.29 is 4.74 Å². The van der Waals surface area contributed by atoms with Gasteiger partial charge in [0.2, 0.25) is 0 Å². The maximum atomic E-state index is 8.17. The summed E-state index contributed by atoms with van der Waals surface area (Å²) < 4.78 is 5.66. The van der Waals surface area contributed by atoms with Crippen molar-refractivity contribution in [1.29, 1.82) is 5.41 Å². The lowest BCUT2D eigenvalue weighted by atomic mass is 10.1. The molecule has 0 radical (unpaired) electrons. The monoisotopic (exact) mass is 218 g/mol. The average Bonchev–Trinajstić information content (AvgIpc) is 2.28. The molecule has 2 rings (SSSR count). The first kappa shape index (κ1) is 11.1. The van der Waals surface area contributed by atoms with E-state index in [9.17, 15) is 0 Å². The molecular formula is C13H18N2O. The van der Waals surface area contributed by atoms with Crippen LogP contribution in [0.3, 0.4) is 0 Å². The van der Waals surface area contributed by atoms with Crippen LogP contribution in [-0.4, -0.2) is 36.0 Å². The number of ether oxygens (including phenoxy) is 1. The third-order valence-corrected chi connectivity index (χ3v) is 2.78. The van der Waals surface area contributed by atoms with Gasteiger partial charge in [0.25, 0.3) is 0 Å². The second kappa shape index (κ2) is 4.66. The topological polar surface area (TPSA) is 36.3 Å². The third kappa shape index (κ3) is 2.42. The van der Waals surface area contributed by atoms with E-state index in [0.29, 0.717) is 5.84 Å². The van der Waals surface area contributed by atoms with Gasteiger partial charge in [-0.3, -0.25) is 5.41 Å². The summed E-state index contributed by atoms with van der Waals surface area (Å²) in [6.07, 6.45) is 0.403. The molecule has 86 valence electrons. The van der Waals surface area contributed by atoms with Gasteiger partial charge in [0.05, 0.1) is 12.2 Å². The Kier molecular flexibility index (Phi) is 3.25. The molecule has 0 saturated carbocycles. The van der Waals surface area contributed by atoms with Crippen molar-refractivity contribution >= 4 is 5.84 Å². The number of rotatable bonds is 1. The van der Waals surface area contributed by atoms with Crippen LogP contribution in [0.5, 0.6) is 0 Å². The Morgan fingerprint density at radius 1 is 1.19 bits per heavy atom. The van der Waals surface area contributed by atoms with Gasteiger partial charge in [-0.05, 0) is 13.8 Å². The van der Waals surface area contributed by atoms with Gasteiger partial charge >= 0.3 is 0 Å². The van der Waals surface area contributed by atoms with Crippen LogP contribution in [0.2, 0.25) is 0 Å². The second-order valence-electron chi connectivity index (χ2n) is 4.38. The zero-order valence-electron chi connectivity index (χ0n) is 9.81. The largest absolute Gasteiger partial charge is 0.372 e. The molecule has 1 aliphatic rings. The number of morpholine rings is 1. The van der Waals surface area contributed by atoms with Crippen molar-refractivity contribution in [1.82, 2.24) is 4.90 Å². The first-order valence-corrected chi connectivity index (χ1v) is 5.71. The molecule has 3 heteroatoms. The van der Waals surface area contributed by atoms with E-state index in [2.05, 4.69) is 18.7 Å². The highest BCUT2D eigenvalue weighted by atomic mass is 16.5. The molecule has 1 saturated heterocycles. The highest BCUT2D eigenvalue weighted by molar-refractivity contribution is 5.96. The lowest BCUT2D eigenvalue weighted by Gasteiger charge is -2.36. The van der Waals surface area contributed by atoms with E-state index in [0.717, 1.165) is 18.7 Å². The first-order valence-electron chi connectivity index (χ1n) is 5.71. The molecule has 1 aromatic rings. The van der Waals surface area contributed by atoms with Crippen LogP contribution in [0.1, 0.15) is 19.4 Å². The van der Waals surface area contributed by atoms with Crippen molar-refractivity contribution in [3.63, 3.8) is 0 Å². The van der Waals surface area contributed by atoms with Crippen LogP contribution >= 0.6 is 0 Å². The molecule has 0 unspecified atom stereocenters. The molecule has 2 atom stereocenters. The van der Waals surface area contributed by atoms with Crippen molar-refractivity contribution in [2.24, 2.45) is 0 Å². The summed E-state index contributed by atoms with van der Waals surface area (Å²) in [5.74, 6) is 0.600. The minimum Gasteiger partial charge on any atom is -0.372 e. The van der Waals surface area contributed by atoms with Crippen LogP contribution in [-0.2, 0) is 4.74 Å². The minimum absolute atomic E-state index is 0.202. The Labute approximate surface area is 96.5 Å². The molecule has 3 nitrogen and oxygen atoms in total. The lowest BCUT2D eigenvalue weighted by Crippen LogP contribution is -2.48. The van der Waals surface area contributed by atoms with E-state index >= 15 is 0 Å². The van der Waals surface area contributed by atoms with Gasteiger partial charge < -0.3 is 9.64 Å². The summed E-state index contributed by atoms with van der Waals surface area (Å²) in [7, 11) is 0. The summed E-state index contributed by atoms with van der Waals surface area (Å²) in [5.41, 5.74) is 0.976. The van der Waals surface area contributed by atoms with Gasteiger partial charge in [-0.15, -0.1) is 0 Å². The van der Waals surface area contributed by atoms with Crippen LogP contribution < -0.4 is 0 Å². The maximum absolute atomic E-state index is 8.17. The standard InChI is InChI=1S/C13H18N2O/c1-10-8-15(9-11(2)16-10)13(14)12-6-4-3-5-7-12/h3-7,10-11,14H,8-9H2,1-2H3/t10-,11+. The molecule has 0 spiro atoms. The molecule has 0 amide bonds. The number of hydrogen-bond donors (Lipinski definition) is 1. The summed E-state index contributed by atoms with van der Waals surface area (Å²) >= 11 is 0. The molecule has 1 aliphatic heterocycles. The Hall–Kier alpha value is -1.35. The Morgan fingerprint density at radius 3 is 2.31 bits per heavy atom. The number of hydrogen-bond acceptors (Lipinski definition) is 2. The summed E-state index contributed by atoms with van der Waals surface area (Å²) in [4.78, 5) is 2.09.